The minimum absolute atomic E-state index is 0.0921. The largest absolute Gasteiger partial charge is 0.497 e. The van der Waals surface area contributed by atoms with E-state index in [2.05, 4.69) is 10.6 Å². The molecule has 3 rings (SSSR count). The van der Waals surface area contributed by atoms with Gasteiger partial charge in [-0.2, -0.15) is 0 Å². The molecule has 1 aliphatic rings. The van der Waals surface area contributed by atoms with Gasteiger partial charge in [0.1, 0.15) is 5.75 Å². The zero-order valence-electron chi connectivity index (χ0n) is 12.8. The van der Waals surface area contributed by atoms with Gasteiger partial charge in [0.05, 0.1) is 13.7 Å². The van der Waals surface area contributed by atoms with Gasteiger partial charge in [-0.25, -0.2) is 0 Å². The lowest BCUT2D eigenvalue weighted by Crippen LogP contribution is -2.29. The number of hydrogen-bond donors (Lipinski definition) is 2. The Morgan fingerprint density at radius 2 is 2.04 bits per heavy atom. The van der Waals surface area contributed by atoms with Crippen LogP contribution in [0.25, 0.3) is 0 Å². The average Bonchev–Trinajstić information content (AvgIpc) is 3.06. The van der Waals surface area contributed by atoms with Crippen LogP contribution in [0.4, 0.5) is 5.69 Å². The summed E-state index contributed by atoms with van der Waals surface area (Å²) in [5.74, 6) is 2.10. The number of benzene rings is 2. The molecule has 6 nitrogen and oxygen atoms in total. The van der Waals surface area contributed by atoms with Crippen LogP contribution in [0.3, 0.4) is 0 Å². The van der Waals surface area contributed by atoms with E-state index in [4.69, 9.17) is 14.2 Å². The Morgan fingerprint density at radius 1 is 1.17 bits per heavy atom. The summed E-state index contributed by atoms with van der Waals surface area (Å²) in [4.78, 5) is 11.9. The summed E-state index contributed by atoms with van der Waals surface area (Å²) in [5, 5.41) is 5.92. The number of rotatable bonds is 6. The molecule has 0 aromatic heterocycles. The first-order valence-corrected chi connectivity index (χ1v) is 7.28. The van der Waals surface area contributed by atoms with Gasteiger partial charge in [-0.15, -0.1) is 0 Å². The maximum atomic E-state index is 11.9. The molecule has 1 heterocycles. The number of carbonyl (C=O) groups is 1. The maximum Gasteiger partial charge on any atom is 0.239 e. The molecule has 2 N–H and O–H groups in total. The molecule has 0 spiro atoms. The fraction of sp³-hybridized carbons (Fsp3) is 0.235. The van der Waals surface area contributed by atoms with E-state index in [0.717, 1.165) is 22.7 Å². The minimum Gasteiger partial charge on any atom is -0.497 e. The average molecular weight is 314 g/mol. The molecular weight excluding hydrogens is 296 g/mol. The molecule has 2 aromatic rings. The first-order chi connectivity index (χ1) is 11.2. The zero-order valence-corrected chi connectivity index (χ0v) is 12.8. The molecule has 120 valence electrons. The fourth-order valence-electron chi connectivity index (χ4n) is 2.23. The number of anilines is 1. The van der Waals surface area contributed by atoms with Crippen LogP contribution in [0.5, 0.6) is 17.2 Å². The van der Waals surface area contributed by atoms with Crippen molar-refractivity contribution in [3.05, 3.63) is 48.0 Å². The summed E-state index contributed by atoms with van der Waals surface area (Å²) in [6.45, 7) is 0.878. The number of amides is 1. The van der Waals surface area contributed by atoms with Crippen molar-refractivity contribution < 1.29 is 19.0 Å². The number of ether oxygens (including phenoxy) is 3. The molecule has 0 unspecified atom stereocenters. The number of carbonyl (C=O) groups excluding carboxylic acids is 1. The molecule has 2 aromatic carbocycles. The monoisotopic (exact) mass is 314 g/mol. The predicted molar refractivity (Wildman–Crippen MR) is 85.9 cm³/mol. The van der Waals surface area contributed by atoms with E-state index in [1.54, 1.807) is 7.11 Å². The molecule has 0 aliphatic carbocycles. The van der Waals surface area contributed by atoms with E-state index in [9.17, 15) is 4.79 Å². The van der Waals surface area contributed by atoms with Crippen molar-refractivity contribution >= 4 is 11.6 Å². The molecule has 0 radical (unpaired) electrons. The highest BCUT2D eigenvalue weighted by Crippen LogP contribution is 2.32. The first-order valence-electron chi connectivity index (χ1n) is 7.28. The summed E-state index contributed by atoms with van der Waals surface area (Å²) in [7, 11) is 1.61. The Balaban J connectivity index is 1.48. The third-order valence-electron chi connectivity index (χ3n) is 3.45. The molecule has 0 bridgehead atoms. The topological polar surface area (TPSA) is 68.8 Å². The second-order valence-electron chi connectivity index (χ2n) is 5.05. The van der Waals surface area contributed by atoms with Gasteiger partial charge in [-0.1, -0.05) is 12.1 Å². The standard InChI is InChI=1S/C17H18N2O4/c1-21-14-4-2-3-13(8-14)18-10-17(20)19-9-12-5-6-15-16(7-12)23-11-22-15/h2-8,18H,9-11H2,1H3,(H,19,20). The van der Waals surface area contributed by atoms with Crippen molar-refractivity contribution in [2.24, 2.45) is 0 Å². The van der Waals surface area contributed by atoms with Gasteiger partial charge in [0, 0.05) is 18.3 Å². The van der Waals surface area contributed by atoms with E-state index in [0.29, 0.717) is 12.3 Å². The summed E-state index contributed by atoms with van der Waals surface area (Å²) in [5.41, 5.74) is 1.80. The van der Waals surface area contributed by atoms with Crippen LogP contribution in [0.1, 0.15) is 5.56 Å². The molecule has 6 heteroatoms. The summed E-state index contributed by atoms with van der Waals surface area (Å²) < 4.78 is 15.7. The van der Waals surface area contributed by atoms with Gasteiger partial charge in [-0.05, 0) is 29.8 Å². The van der Waals surface area contributed by atoms with Gasteiger partial charge in [-0.3, -0.25) is 4.79 Å². The predicted octanol–water partition coefficient (Wildman–Crippen LogP) is 2.15. The Hall–Kier alpha value is -2.89. The summed E-state index contributed by atoms with van der Waals surface area (Å²) in [6, 6.07) is 13.1. The van der Waals surface area contributed by atoms with E-state index < -0.39 is 0 Å². The van der Waals surface area contributed by atoms with Gasteiger partial charge in [0.2, 0.25) is 12.7 Å². The van der Waals surface area contributed by atoms with Crippen LogP contribution in [0.15, 0.2) is 42.5 Å². The zero-order chi connectivity index (χ0) is 16.1. The highest BCUT2D eigenvalue weighted by atomic mass is 16.7. The van der Waals surface area contributed by atoms with E-state index in [1.165, 1.54) is 0 Å². The highest BCUT2D eigenvalue weighted by Gasteiger charge is 2.13. The normalized spacial score (nSPS) is 11.9. The highest BCUT2D eigenvalue weighted by molar-refractivity contribution is 5.80. The maximum absolute atomic E-state index is 11.9. The van der Waals surface area contributed by atoms with Gasteiger partial charge in [0.15, 0.2) is 11.5 Å². The first kappa shape index (κ1) is 15.0. The molecule has 23 heavy (non-hydrogen) atoms. The van der Waals surface area contributed by atoms with E-state index in [1.807, 2.05) is 42.5 Å². The SMILES string of the molecule is COc1cccc(NCC(=O)NCc2ccc3c(c2)OCO3)c1. The Bertz CT molecular complexity index is 703. The van der Waals surface area contributed by atoms with Crippen molar-refractivity contribution in [1.29, 1.82) is 0 Å². The number of fused-ring (bicyclic) bond motifs is 1. The van der Waals surface area contributed by atoms with Gasteiger partial charge >= 0.3 is 0 Å². The summed E-state index contributed by atoms with van der Waals surface area (Å²) in [6.07, 6.45) is 0. The molecule has 0 atom stereocenters. The smallest absolute Gasteiger partial charge is 0.239 e. The Morgan fingerprint density at radius 3 is 2.91 bits per heavy atom. The van der Waals surface area contributed by atoms with Gasteiger partial charge in [0.25, 0.3) is 0 Å². The number of hydrogen-bond acceptors (Lipinski definition) is 5. The molecule has 1 aliphatic heterocycles. The Kier molecular flexibility index (Phi) is 4.52. The van der Waals surface area contributed by atoms with Crippen LogP contribution in [-0.4, -0.2) is 26.4 Å². The van der Waals surface area contributed by atoms with Crippen molar-refractivity contribution in [1.82, 2.24) is 5.32 Å². The summed E-state index contributed by atoms with van der Waals surface area (Å²) >= 11 is 0. The molecule has 0 saturated heterocycles. The van der Waals surface area contributed by atoms with Crippen LogP contribution in [0, 0.1) is 0 Å². The minimum atomic E-state index is -0.0921. The second kappa shape index (κ2) is 6.91. The van der Waals surface area contributed by atoms with Crippen molar-refractivity contribution in [2.45, 2.75) is 6.54 Å². The van der Waals surface area contributed by atoms with E-state index in [-0.39, 0.29) is 19.2 Å². The fourth-order valence-corrected chi connectivity index (χ4v) is 2.23. The molecular formula is C17H18N2O4. The van der Waals surface area contributed by atoms with Crippen LogP contribution >= 0.6 is 0 Å². The molecule has 1 amide bonds. The lowest BCUT2D eigenvalue weighted by atomic mass is 10.2. The van der Waals surface area contributed by atoms with E-state index >= 15 is 0 Å². The Labute approximate surface area is 134 Å². The van der Waals surface area contributed by atoms with Gasteiger partial charge < -0.3 is 24.8 Å². The number of methoxy groups -OCH3 is 1. The van der Waals surface area contributed by atoms with Crippen molar-refractivity contribution in [3.8, 4) is 17.2 Å². The van der Waals surface area contributed by atoms with Crippen LogP contribution < -0.4 is 24.8 Å². The van der Waals surface area contributed by atoms with Crippen molar-refractivity contribution in [3.63, 3.8) is 0 Å². The lowest BCUT2D eigenvalue weighted by molar-refractivity contribution is -0.119. The third kappa shape index (κ3) is 3.85. The second-order valence-corrected chi connectivity index (χ2v) is 5.05. The van der Waals surface area contributed by atoms with Crippen molar-refractivity contribution in [2.75, 3.05) is 25.8 Å². The molecule has 0 fully saturated rings. The third-order valence-corrected chi connectivity index (χ3v) is 3.45. The lowest BCUT2D eigenvalue weighted by Gasteiger charge is -2.09. The van der Waals surface area contributed by atoms with Crippen LogP contribution in [0.2, 0.25) is 0 Å². The quantitative estimate of drug-likeness (QED) is 0.855. The number of nitrogens with one attached hydrogen (secondary N) is 2. The molecule has 0 saturated carbocycles. The van der Waals surface area contributed by atoms with Crippen LogP contribution in [-0.2, 0) is 11.3 Å².